The Hall–Kier alpha value is -1.60. The first-order chi connectivity index (χ1) is 14.8. The van der Waals surface area contributed by atoms with E-state index in [9.17, 15) is 8.42 Å². The molecule has 2 heterocycles. The minimum Gasteiger partial charge on any atom is -0.497 e. The van der Waals surface area contributed by atoms with Crippen molar-refractivity contribution < 1.29 is 13.2 Å². The number of rotatable bonds is 5. The summed E-state index contributed by atoms with van der Waals surface area (Å²) in [5.41, 5.74) is 3.95. The van der Waals surface area contributed by atoms with E-state index in [4.69, 9.17) is 16.3 Å². The summed E-state index contributed by atoms with van der Waals surface area (Å²) < 4.78 is 33.6. The fourth-order valence-electron chi connectivity index (χ4n) is 4.96. The van der Waals surface area contributed by atoms with E-state index in [1.807, 2.05) is 19.9 Å². The highest BCUT2D eigenvalue weighted by molar-refractivity contribution is 7.92. The normalized spacial score (nSPS) is 19.1. The van der Waals surface area contributed by atoms with Crippen molar-refractivity contribution in [2.45, 2.75) is 49.9 Å². The third-order valence-corrected chi connectivity index (χ3v) is 9.46. The highest BCUT2D eigenvalue weighted by atomic mass is 35.5. The number of fused-ring (bicyclic) bond motifs is 1. The number of halogens is 1. The van der Waals surface area contributed by atoms with Crippen LogP contribution in [0.3, 0.4) is 0 Å². The molecule has 2 aromatic carbocycles. The Labute approximate surface area is 190 Å². The molecule has 0 spiro atoms. The zero-order chi connectivity index (χ0) is 22.2. The Morgan fingerprint density at radius 3 is 2.55 bits per heavy atom. The van der Waals surface area contributed by atoms with Crippen LogP contribution in [0.25, 0.3) is 0 Å². The van der Waals surface area contributed by atoms with Crippen molar-refractivity contribution in [2.75, 3.05) is 26.7 Å². The second-order valence-corrected chi connectivity index (χ2v) is 11.2. The summed E-state index contributed by atoms with van der Waals surface area (Å²) in [5.74, 6) is 0.948. The molecule has 4 rings (SSSR count). The molecule has 1 fully saturated rings. The summed E-state index contributed by atoms with van der Waals surface area (Å²) in [6, 6.07) is 9.64. The van der Waals surface area contributed by atoms with Crippen LogP contribution in [0.5, 0.6) is 5.75 Å². The Kier molecular flexibility index (Phi) is 6.63. The quantitative estimate of drug-likeness (QED) is 0.724. The number of benzene rings is 2. The summed E-state index contributed by atoms with van der Waals surface area (Å²) in [4.78, 5) is 2.60. The van der Waals surface area contributed by atoms with Gasteiger partial charge in [0.05, 0.1) is 12.0 Å². The second-order valence-electron chi connectivity index (χ2n) is 8.75. The molecule has 7 heteroatoms. The van der Waals surface area contributed by atoms with Crippen LogP contribution in [-0.4, -0.2) is 45.4 Å². The number of sulfone groups is 1. The molecule has 168 valence electrons. The first kappa shape index (κ1) is 22.6. The van der Waals surface area contributed by atoms with Crippen LogP contribution in [0.1, 0.15) is 35.1 Å². The summed E-state index contributed by atoms with van der Waals surface area (Å²) in [7, 11) is -1.90. The molecular weight excluding hydrogens is 432 g/mol. The molecule has 1 N–H and O–H groups in total. The Morgan fingerprint density at radius 1 is 1.10 bits per heavy atom. The minimum absolute atomic E-state index is 0.0985. The van der Waals surface area contributed by atoms with E-state index in [0.29, 0.717) is 16.5 Å². The van der Waals surface area contributed by atoms with Gasteiger partial charge in [-0.3, -0.25) is 4.90 Å². The van der Waals surface area contributed by atoms with Gasteiger partial charge in [0, 0.05) is 18.1 Å². The molecule has 2 aromatic rings. The lowest BCUT2D eigenvalue weighted by atomic mass is 9.94. The molecule has 2 aliphatic heterocycles. The highest BCUT2D eigenvalue weighted by Crippen LogP contribution is 2.36. The molecule has 1 saturated heterocycles. The van der Waals surface area contributed by atoms with Crippen molar-refractivity contribution in [3.05, 3.63) is 57.6 Å². The summed E-state index contributed by atoms with van der Waals surface area (Å²) in [5, 5.41) is 3.44. The standard InChI is InChI=1S/C24H31ClN2O3S/c1-16-13-23(17(2)12-22(16)25)31(28,29)24(18-6-9-26-10-7-18)27-11-8-19-14-21(30-3)5-4-20(19)15-27/h4-5,12-14,18,24,26H,6-11,15H2,1-3H3. The van der Waals surface area contributed by atoms with Gasteiger partial charge in [-0.2, -0.15) is 0 Å². The fourth-order valence-corrected chi connectivity index (χ4v) is 7.64. The smallest absolute Gasteiger partial charge is 0.194 e. The molecular formula is C24H31ClN2O3S. The van der Waals surface area contributed by atoms with Crippen molar-refractivity contribution in [3.8, 4) is 5.75 Å². The zero-order valence-corrected chi connectivity index (χ0v) is 20.0. The number of aryl methyl sites for hydroxylation is 2. The van der Waals surface area contributed by atoms with Crippen LogP contribution in [0.15, 0.2) is 35.2 Å². The molecule has 0 amide bonds. The largest absolute Gasteiger partial charge is 0.497 e. The van der Waals surface area contributed by atoms with E-state index >= 15 is 0 Å². The SMILES string of the molecule is COc1ccc2c(c1)CCN(C(C1CCNCC1)S(=O)(=O)c1cc(C)c(Cl)cc1C)C2. The zero-order valence-electron chi connectivity index (χ0n) is 18.4. The van der Waals surface area contributed by atoms with Gasteiger partial charge in [0.1, 0.15) is 11.1 Å². The molecule has 0 radical (unpaired) electrons. The average Bonchev–Trinajstić information content (AvgIpc) is 2.76. The lowest BCUT2D eigenvalue weighted by Crippen LogP contribution is -2.50. The molecule has 31 heavy (non-hydrogen) atoms. The van der Waals surface area contributed by atoms with Crippen LogP contribution in [0.4, 0.5) is 0 Å². The van der Waals surface area contributed by atoms with Gasteiger partial charge in [-0.15, -0.1) is 0 Å². The fraction of sp³-hybridized carbons (Fsp3) is 0.500. The highest BCUT2D eigenvalue weighted by Gasteiger charge is 2.41. The van der Waals surface area contributed by atoms with Crippen molar-refractivity contribution in [2.24, 2.45) is 5.92 Å². The molecule has 1 atom stereocenters. The van der Waals surface area contributed by atoms with E-state index < -0.39 is 15.2 Å². The van der Waals surface area contributed by atoms with E-state index in [1.54, 1.807) is 19.2 Å². The molecule has 0 aliphatic carbocycles. The van der Waals surface area contributed by atoms with Crippen LogP contribution in [-0.2, 0) is 22.8 Å². The first-order valence-electron chi connectivity index (χ1n) is 10.9. The topological polar surface area (TPSA) is 58.6 Å². The summed E-state index contributed by atoms with van der Waals surface area (Å²) >= 11 is 6.27. The van der Waals surface area contributed by atoms with Crippen molar-refractivity contribution in [1.29, 1.82) is 0 Å². The van der Waals surface area contributed by atoms with Gasteiger partial charge in [-0.1, -0.05) is 17.7 Å². The van der Waals surface area contributed by atoms with Gasteiger partial charge in [0.2, 0.25) is 0 Å². The van der Waals surface area contributed by atoms with E-state index in [0.717, 1.165) is 55.8 Å². The van der Waals surface area contributed by atoms with Gasteiger partial charge in [0.25, 0.3) is 0 Å². The number of methoxy groups -OCH3 is 1. The van der Waals surface area contributed by atoms with Crippen molar-refractivity contribution >= 4 is 21.4 Å². The van der Waals surface area contributed by atoms with Crippen molar-refractivity contribution in [3.63, 3.8) is 0 Å². The predicted octanol–water partition coefficient (Wildman–Crippen LogP) is 4.12. The summed E-state index contributed by atoms with van der Waals surface area (Å²) in [6.45, 7) is 6.78. The van der Waals surface area contributed by atoms with Gasteiger partial charge >= 0.3 is 0 Å². The predicted molar refractivity (Wildman–Crippen MR) is 125 cm³/mol. The molecule has 0 bridgehead atoms. The minimum atomic E-state index is -3.57. The number of hydrogen-bond acceptors (Lipinski definition) is 5. The maximum Gasteiger partial charge on any atom is 0.194 e. The number of hydrogen-bond donors (Lipinski definition) is 1. The third-order valence-electron chi connectivity index (χ3n) is 6.68. The molecule has 5 nitrogen and oxygen atoms in total. The lowest BCUT2D eigenvalue weighted by molar-refractivity contribution is 0.159. The van der Waals surface area contributed by atoms with Crippen LogP contribution >= 0.6 is 11.6 Å². The maximum absolute atomic E-state index is 14.1. The molecule has 0 aromatic heterocycles. The second kappa shape index (κ2) is 9.10. The monoisotopic (exact) mass is 462 g/mol. The van der Waals surface area contributed by atoms with Gasteiger partial charge in [0.15, 0.2) is 9.84 Å². The number of piperidine rings is 1. The van der Waals surface area contributed by atoms with Crippen molar-refractivity contribution in [1.82, 2.24) is 10.2 Å². The summed E-state index contributed by atoms with van der Waals surface area (Å²) in [6.07, 6.45) is 2.55. The Morgan fingerprint density at radius 2 is 1.84 bits per heavy atom. The van der Waals surface area contributed by atoms with E-state index in [2.05, 4.69) is 22.3 Å². The average molecular weight is 463 g/mol. The third kappa shape index (κ3) is 4.49. The van der Waals surface area contributed by atoms with Crippen LogP contribution in [0.2, 0.25) is 5.02 Å². The number of ether oxygens (including phenoxy) is 1. The van der Waals surface area contributed by atoms with E-state index in [-0.39, 0.29) is 5.92 Å². The maximum atomic E-state index is 14.1. The van der Waals surface area contributed by atoms with Crippen LogP contribution in [0, 0.1) is 19.8 Å². The number of nitrogens with one attached hydrogen (secondary N) is 1. The van der Waals surface area contributed by atoms with Gasteiger partial charge in [-0.25, -0.2) is 8.42 Å². The van der Waals surface area contributed by atoms with Gasteiger partial charge < -0.3 is 10.1 Å². The number of nitrogens with zero attached hydrogens (tertiary/aromatic N) is 1. The molecule has 2 aliphatic rings. The van der Waals surface area contributed by atoms with Crippen LogP contribution < -0.4 is 10.1 Å². The molecule has 0 saturated carbocycles. The Balaban J connectivity index is 1.73. The first-order valence-corrected chi connectivity index (χ1v) is 12.8. The molecule has 1 unspecified atom stereocenters. The van der Waals surface area contributed by atoms with E-state index in [1.165, 1.54) is 11.1 Å². The van der Waals surface area contributed by atoms with Gasteiger partial charge in [-0.05, 0) is 98.6 Å². The lowest BCUT2D eigenvalue weighted by Gasteiger charge is -2.41. The Bertz CT molecular complexity index is 1060.